The van der Waals surface area contributed by atoms with Gasteiger partial charge in [0.1, 0.15) is 22.2 Å². The molecule has 0 bridgehead atoms. The summed E-state index contributed by atoms with van der Waals surface area (Å²) >= 11 is 1.25. The van der Waals surface area contributed by atoms with Crippen molar-refractivity contribution in [2.24, 2.45) is 0 Å². The topological polar surface area (TPSA) is 77.0 Å². The van der Waals surface area contributed by atoms with Gasteiger partial charge in [0.25, 0.3) is 0 Å². The van der Waals surface area contributed by atoms with Gasteiger partial charge in [0.2, 0.25) is 0 Å². The van der Waals surface area contributed by atoms with Gasteiger partial charge in [0, 0.05) is 18.1 Å². The number of methoxy groups -OCH3 is 1. The summed E-state index contributed by atoms with van der Waals surface area (Å²) in [4.78, 5) is 25.0. The second-order valence-electron chi connectivity index (χ2n) is 5.11. The molecule has 1 N–H and O–H groups in total. The highest BCUT2D eigenvalue weighted by atomic mass is 32.2. The minimum atomic E-state index is -0.578. The number of thioether (sulfide) groups is 1. The van der Waals surface area contributed by atoms with E-state index in [1.807, 2.05) is 0 Å². The van der Waals surface area contributed by atoms with Gasteiger partial charge < -0.3 is 10.1 Å². The van der Waals surface area contributed by atoms with Crippen LogP contribution in [0.15, 0.2) is 53.8 Å². The average molecular weight is 370 g/mol. The number of ether oxygens (including phenoxy) is 1. The van der Waals surface area contributed by atoms with Crippen LogP contribution in [-0.4, -0.2) is 34.3 Å². The third kappa shape index (κ3) is 3.65. The highest BCUT2D eigenvalue weighted by molar-refractivity contribution is 7.98. The Bertz CT molecular complexity index is 938. The molecule has 0 saturated carbocycles. The summed E-state index contributed by atoms with van der Waals surface area (Å²) < 4.78 is 19.1. The van der Waals surface area contributed by atoms with Crippen molar-refractivity contribution in [1.82, 2.24) is 15.0 Å². The van der Waals surface area contributed by atoms with Gasteiger partial charge in [-0.1, -0.05) is 12.1 Å². The van der Waals surface area contributed by atoms with Crippen molar-refractivity contribution < 1.29 is 13.9 Å². The smallest absolute Gasteiger partial charge is 0.344 e. The van der Waals surface area contributed by atoms with Gasteiger partial charge in [-0.3, -0.25) is 4.98 Å². The zero-order valence-corrected chi connectivity index (χ0v) is 14.9. The zero-order chi connectivity index (χ0) is 18.5. The molecule has 2 aromatic heterocycles. The Balaban J connectivity index is 2.19. The first-order chi connectivity index (χ1) is 12.6. The van der Waals surface area contributed by atoms with E-state index in [9.17, 15) is 9.18 Å². The highest BCUT2D eigenvalue weighted by Crippen LogP contribution is 2.31. The molecule has 0 aliphatic heterocycles. The van der Waals surface area contributed by atoms with Gasteiger partial charge in [-0.2, -0.15) is 0 Å². The molecule has 0 amide bonds. The summed E-state index contributed by atoms with van der Waals surface area (Å²) in [5.41, 5.74) is 1.12. The molecule has 0 spiro atoms. The predicted molar refractivity (Wildman–Crippen MR) is 98.1 cm³/mol. The van der Waals surface area contributed by atoms with Crippen molar-refractivity contribution >= 4 is 29.2 Å². The molecule has 0 fully saturated rings. The van der Waals surface area contributed by atoms with E-state index in [1.165, 1.54) is 24.9 Å². The lowest BCUT2D eigenvalue weighted by molar-refractivity contribution is 0.0596. The van der Waals surface area contributed by atoms with Gasteiger partial charge in [-0.05, 0) is 30.5 Å². The number of esters is 1. The lowest BCUT2D eigenvalue weighted by Crippen LogP contribution is -2.12. The van der Waals surface area contributed by atoms with Crippen molar-refractivity contribution in [3.63, 3.8) is 0 Å². The molecule has 0 unspecified atom stereocenters. The Labute approximate surface area is 153 Å². The summed E-state index contributed by atoms with van der Waals surface area (Å²) in [5.74, 6) is -0.608. The van der Waals surface area contributed by atoms with Crippen molar-refractivity contribution in [3.8, 4) is 11.4 Å². The van der Waals surface area contributed by atoms with Crippen LogP contribution in [0.25, 0.3) is 11.4 Å². The third-order valence-corrected chi connectivity index (χ3v) is 4.20. The van der Waals surface area contributed by atoms with Gasteiger partial charge in [0.05, 0.1) is 12.7 Å². The molecule has 0 saturated heterocycles. The van der Waals surface area contributed by atoms with E-state index in [4.69, 9.17) is 4.74 Å². The van der Waals surface area contributed by atoms with Crippen LogP contribution in [0.2, 0.25) is 0 Å². The van der Waals surface area contributed by atoms with E-state index >= 15 is 0 Å². The van der Waals surface area contributed by atoms with Crippen LogP contribution in [0, 0.1) is 5.82 Å². The predicted octanol–water partition coefficient (Wildman–Crippen LogP) is 3.93. The number of nitrogens with zero attached hydrogens (tertiary/aromatic N) is 3. The lowest BCUT2D eigenvalue weighted by Gasteiger charge is -2.14. The number of benzene rings is 1. The number of halogens is 1. The van der Waals surface area contributed by atoms with Crippen LogP contribution in [0.3, 0.4) is 0 Å². The van der Waals surface area contributed by atoms with Crippen molar-refractivity contribution in [3.05, 3.63) is 60.2 Å². The molecule has 2 heterocycles. The molecule has 26 heavy (non-hydrogen) atoms. The number of hydrogen-bond donors (Lipinski definition) is 1. The van der Waals surface area contributed by atoms with Crippen molar-refractivity contribution in [1.29, 1.82) is 0 Å². The van der Waals surface area contributed by atoms with Crippen LogP contribution >= 0.6 is 11.8 Å². The number of carbonyl (C=O) groups excluding carboxylic acids is 1. The maximum absolute atomic E-state index is 14.2. The van der Waals surface area contributed by atoms with Crippen LogP contribution in [-0.2, 0) is 4.74 Å². The SMILES string of the molecule is COC(=O)c1c(Nc2ccncc2)nc(-c2ccccc2F)nc1SC. The second kappa shape index (κ2) is 7.92. The molecule has 3 rings (SSSR count). The summed E-state index contributed by atoms with van der Waals surface area (Å²) in [6.07, 6.45) is 4.99. The van der Waals surface area contributed by atoms with E-state index < -0.39 is 11.8 Å². The monoisotopic (exact) mass is 370 g/mol. The van der Waals surface area contributed by atoms with Gasteiger partial charge in [-0.25, -0.2) is 19.2 Å². The van der Waals surface area contributed by atoms with E-state index in [0.29, 0.717) is 10.7 Å². The molecule has 0 aliphatic rings. The zero-order valence-electron chi connectivity index (χ0n) is 14.1. The fourth-order valence-corrected chi connectivity index (χ4v) is 2.86. The lowest BCUT2D eigenvalue weighted by atomic mass is 10.2. The Morgan fingerprint density at radius 2 is 1.88 bits per heavy atom. The van der Waals surface area contributed by atoms with Gasteiger partial charge in [-0.15, -0.1) is 11.8 Å². The van der Waals surface area contributed by atoms with Crippen LogP contribution in [0.5, 0.6) is 0 Å². The molecule has 1 aromatic carbocycles. The summed E-state index contributed by atoms with van der Waals surface area (Å²) in [6, 6.07) is 9.66. The number of aromatic nitrogens is 3. The summed E-state index contributed by atoms with van der Waals surface area (Å²) in [6.45, 7) is 0. The van der Waals surface area contributed by atoms with Crippen LogP contribution in [0.1, 0.15) is 10.4 Å². The van der Waals surface area contributed by atoms with Crippen LogP contribution < -0.4 is 5.32 Å². The minimum absolute atomic E-state index is 0.177. The molecule has 6 nitrogen and oxygen atoms in total. The first kappa shape index (κ1) is 17.8. The standard InChI is InChI=1S/C18H15FN4O2S/c1-25-18(24)14-16(21-11-7-9-20-10-8-11)22-15(23-17(14)26-2)12-5-3-4-6-13(12)19/h3-10H,1-2H3,(H,20,21,22,23). The molecule has 8 heteroatoms. The molecule has 0 atom stereocenters. The minimum Gasteiger partial charge on any atom is -0.465 e. The highest BCUT2D eigenvalue weighted by Gasteiger charge is 2.23. The summed E-state index contributed by atoms with van der Waals surface area (Å²) in [7, 11) is 1.29. The fourth-order valence-electron chi connectivity index (χ4n) is 2.30. The second-order valence-corrected chi connectivity index (χ2v) is 5.91. The largest absolute Gasteiger partial charge is 0.465 e. The first-order valence-electron chi connectivity index (χ1n) is 7.60. The van der Waals surface area contributed by atoms with Gasteiger partial charge in [0.15, 0.2) is 5.82 Å². The average Bonchev–Trinajstić information content (AvgIpc) is 2.68. The molecule has 132 valence electrons. The van der Waals surface area contributed by atoms with Crippen molar-refractivity contribution in [2.45, 2.75) is 5.03 Å². The maximum Gasteiger partial charge on any atom is 0.344 e. The maximum atomic E-state index is 14.2. The number of pyridine rings is 1. The summed E-state index contributed by atoms with van der Waals surface area (Å²) in [5, 5.41) is 3.45. The number of rotatable bonds is 5. The normalized spacial score (nSPS) is 10.4. The molecule has 0 radical (unpaired) electrons. The number of hydrogen-bond acceptors (Lipinski definition) is 7. The van der Waals surface area contributed by atoms with Crippen LogP contribution in [0.4, 0.5) is 15.9 Å². The third-order valence-electron chi connectivity index (χ3n) is 3.52. The van der Waals surface area contributed by atoms with E-state index in [2.05, 4.69) is 20.3 Å². The molecular formula is C18H15FN4O2S. The molecular weight excluding hydrogens is 355 g/mol. The first-order valence-corrected chi connectivity index (χ1v) is 8.82. The number of anilines is 2. The fraction of sp³-hybridized carbons (Fsp3) is 0.111. The quantitative estimate of drug-likeness (QED) is 0.414. The molecule has 0 aliphatic carbocycles. The Morgan fingerprint density at radius 3 is 2.54 bits per heavy atom. The van der Waals surface area contributed by atoms with Crippen molar-refractivity contribution in [2.75, 3.05) is 18.7 Å². The number of carbonyl (C=O) groups is 1. The van der Waals surface area contributed by atoms with E-state index in [1.54, 1.807) is 49.0 Å². The van der Waals surface area contributed by atoms with E-state index in [0.717, 1.165) is 0 Å². The Hall–Kier alpha value is -3.00. The van der Waals surface area contributed by atoms with Gasteiger partial charge >= 0.3 is 5.97 Å². The number of nitrogens with one attached hydrogen (secondary N) is 1. The Kier molecular flexibility index (Phi) is 5.43. The molecule has 3 aromatic rings. The Morgan fingerprint density at radius 1 is 1.15 bits per heavy atom. The van der Waals surface area contributed by atoms with E-state index in [-0.39, 0.29) is 22.8 Å².